The van der Waals surface area contributed by atoms with Gasteiger partial charge in [0.05, 0.1) is 11.7 Å². The quantitative estimate of drug-likeness (QED) is 0.734. The van der Waals surface area contributed by atoms with Gasteiger partial charge in [-0.1, -0.05) is 22.4 Å². The Morgan fingerprint density at radius 1 is 1.47 bits per heavy atom. The van der Waals surface area contributed by atoms with Crippen LogP contribution in [0.2, 0.25) is 0 Å². The SMILES string of the molecule is O=C(Nc1cc(Br)ccc1O)[C@H]1CCCCN1. The van der Waals surface area contributed by atoms with Crippen molar-refractivity contribution in [3.05, 3.63) is 22.7 Å². The molecule has 0 bridgehead atoms. The third-order valence-corrected chi connectivity index (χ3v) is 3.34. The number of hydrogen-bond donors (Lipinski definition) is 3. The van der Waals surface area contributed by atoms with Crippen molar-refractivity contribution in [2.75, 3.05) is 11.9 Å². The fourth-order valence-electron chi connectivity index (χ4n) is 1.90. The lowest BCUT2D eigenvalue weighted by Crippen LogP contribution is -2.43. The highest BCUT2D eigenvalue weighted by Gasteiger charge is 2.21. The Kier molecular flexibility index (Phi) is 4.02. The Balaban J connectivity index is 2.04. The van der Waals surface area contributed by atoms with E-state index in [0.29, 0.717) is 5.69 Å². The van der Waals surface area contributed by atoms with Crippen LogP contribution < -0.4 is 10.6 Å². The maximum atomic E-state index is 11.9. The minimum Gasteiger partial charge on any atom is -0.506 e. The first-order valence-electron chi connectivity index (χ1n) is 5.69. The minimum absolute atomic E-state index is 0.0809. The van der Waals surface area contributed by atoms with Crippen LogP contribution in [0.15, 0.2) is 22.7 Å². The maximum absolute atomic E-state index is 11.9. The first kappa shape index (κ1) is 12.4. The molecule has 2 rings (SSSR count). The number of benzene rings is 1. The van der Waals surface area contributed by atoms with Crippen molar-refractivity contribution in [2.24, 2.45) is 0 Å². The van der Waals surface area contributed by atoms with Crippen LogP contribution in [-0.2, 0) is 4.79 Å². The predicted molar refractivity (Wildman–Crippen MR) is 70.1 cm³/mol. The predicted octanol–water partition coefficient (Wildman–Crippen LogP) is 2.24. The standard InChI is InChI=1S/C12H15BrN2O2/c13-8-4-5-11(16)10(7-8)15-12(17)9-3-1-2-6-14-9/h4-5,7,9,14,16H,1-3,6H2,(H,15,17)/t9-/m1/s1. The lowest BCUT2D eigenvalue weighted by molar-refractivity contribution is -0.118. The van der Waals surface area contributed by atoms with E-state index >= 15 is 0 Å². The number of aromatic hydroxyl groups is 1. The Morgan fingerprint density at radius 2 is 2.29 bits per heavy atom. The maximum Gasteiger partial charge on any atom is 0.241 e. The summed E-state index contributed by atoms with van der Waals surface area (Å²) in [6, 6.07) is 4.82. The normalized spacial score (nSPS) is 19.9. The van der Waals surface area contributed by atoms with Crippen LogP contribution in [0.1, 0.15) is 19.3 Å². The molecule has 5 heteroatoms. The molecule has 0 unspecified atom stereocenters. The van der Waals surface area contributed by atoms with Crippen molar-refractivity contribution in [1.82, 2.24) is 5.32 Å². The molecule has 0 aromatic heterocycles. The summed E-state index contributed by atoms with van der Waals surface area (Å²) in [7, 11) is 0. The molecule has 1 aliphatic heterocycles. The summed E-state index contributed by atoms with van der Waals surface area (Å²) in [5, 5.41) is 15.5. The largest absolute Gasteiger partial charge is 0.506 e. The number of amides is 1. The van der Waals surface area contributed by atoms with E-state index in [0.717, 1.165) is 30.3 Å². The second kappa shape index (κ2) is 5.51. The molecule has 1 saturated heterocycles. The zero-order chi connectivity index (χ0) is 12.3. The molecular weight excluding hydrogens is 284 g/mol. The summed E-state index contributed by atoms with van der Waals surface area (Å²) in [5.74, 6) is -0.00420. The van der Waals surface area contributed by atoms with Crippen LogP contribution in [0.5, 0.6) is 5.75 Å². The first-order chi connectivity index (χ1) is 8.16. The average Bonchev–Trinajstić information content (AvgIpc) is 2.35. The molecule has 1 aliphatic rings. The fourth-order valence-corrected chi connectivity index (χ4v) is 2.26. The highest BCUT2D eigenvalue weighted by atomic mass is 79.9. The van der Waals surface area contributed by atoms with E-state index in [4.69, 9.17) is 0 Å². The second-order valence-corrected chi connectivity index (χ2v) is 5.07. The van der Waals surface area contributed by atoms with Gasteiger partial charge in [0.1, 0.15) is 5.75 Å². The van der Waals surface area contributed by atoms with E-state index in [1.165, 1.54) is 0 Å². The zero-order valence-corrected chi connectivity index (χ0v) is 11.0. The summed E-state index contributed by atoms with van der Waals surface area (Å²) in [6.07, 6.45) is 3.03. The van der Waals surface area contributed by atoms with Crippen LogP contribution in [-0.4, -0.2) is 23.6 Å². The van der Waals surface area contributed by atoms with Crippen molar-refractivity contribution in [3.8, 4) is 5.75 Å². The van der Waals surface area contributed by atoms with Crippen molar-refractivity contribution in [2.45, 2.75) is 25.3 Å². The highest BCUT2D eigenvalue weighted by molar-refractivity contribution is 9.10. The van der Waals surface area contributed by atoms with Crippen LogP contribution in [0.3, 0.4) is 0 Å². The molecule has 0 aliphatic carbocycles. The van der Waals surface area contributed by atoms with Gasteiger partial charge in [-0.15, -0.1) is 0 Å². The molecule has 1 amide bonds. The lowest BCUT2D eigenvalue weighted by atomic mass is 10.0. The molecule has 0 saturated carbocycles. The molecular formula is C12H15BrN2O2. The monoisotopic (exact) mass is 298 g/mol. The van der Waals surface area contributed by atoms with Crippen molar-refractivity contribution < 1.29 is 9.90 Å². The van der Waals surface area contributed by atoms with Gasteiger partial charge in [-0.3, -0.25) is 4.79 Å². The number of anilines is 1. The van der Waals surface area contributed by atoms with Crippen molar-refractivity contribution in [3.63, 3.8) is 0 Å². The summed E-state index contributed by atoms with van der Waals surface area (Å²) >= 11 is 3.30. The Hall–Kier alpha value is -1.07. The van der Waals surface area contributed by atoms with Gasteiger partial charge in [0, 0.05) is 4.47 Å². The topological polar surface area (TPSA) is 61.4 Å². The van der Waals surface area contributed by atoms with Gasteiger partial charge in [-0.05, 0) is 37.6 Å². The van der Waals surface area contributed by atoms with E-state index < -0.39 is 0 Å². The number of hydrogen-bond acceptors (Lipinski definition) is 3. The Morgan fingerprint density at radius 3 is 3.00 bits per heavy atom. The second-order valence-electron chi connectivity index (χ2n) is 4.15. The molecule has 1 fully saturated rings. The fraction of sp³-hybridized carbons (Fsp3) is 0.417. The third kappa shape index (κ3) is 3.20. The summed E-state index contributed by atoms with van der Waals surface area (Å²) in [6.45, 7) is 0.878. The number of phenols is 1. The van der Waals surface area contributed by atoms with E-state index in [1.54, 1.807) is 18.2 Å². The zero-order valence-electron chi connectivity index (χ0n) is 9.37. The first-order valence-corrected chi connectivity index (χ1v) is 6.49. The Bertz CT molecular complexity index is 417. The van der Waals surface area contributed by atoms with Gasteiger partial charge < -0.3 is 15.7 Å². The van der Waals surface area contributed by atoms with E-state index in [-0.39, 0.29) is 17.7 Å². The van der Waals surface area contributed by atoms with Gasteiger partial charge in [0.15, 0.2) is 0 Å². The van der Waals surface area contributed by atoms with Crippen LogP contribution in [0.4, 0.5) is 5.69 Å². The number of carbonyl (C=O) groups is 1. The van der Waals surface area contributed by atoms with Crippen molar-refractivity contribution >= 4 is 27.5 Å². The molecule has 1 aromatic carbocycles. The molecule has 0 spiro atoms. The Labute approximate surface area is 109 Å². The van der Waals surface area contributed by atoms with Gasteiger partial charge in [0.2, 0.25) is 5.91 Å². The van der Waals surface area contributed by atoms with Crippen LogP contribution >= 0.6 is 15.9 Å². The molecule has 4 nitrogen and oxygen atoms in total. The minimum atomic E-state index is -0.151. The summed E-state index contributed by atoms with van der Waals surface area (Å²) in [5.41, 5.74) is 0.441. The molecule has 1 aromatic rings. The molecule has 1 heterocycles. The molecule has 3 N–H and O–H groups in total. The lowest BCUT2D eigenvalue weighted by Gasteiger charge is -2.22. The number of piperidine rings is 1. The molecule has 1 atom stereocenters. The molecule has 0 radical (unpaired) electrons. The van der Waals surface area contributed by atoms with Crippen molar-refractivity contribution in [1.29, 1.82) is 0 Å². The third-order valence-electron chi connectivity index (χ3n) is 2.84. The smallest absolute Gasteiger partial charge is 0.241 e. The van der Waals surface area contributed by atoms with Gasteiger partial charge in [-0.2, -0.15) is 0 Å². The van der Waals surface area contributed by atoms with Gasteiger partial charge in [-0.25, -0.2) is 0 Å². The summed E-state index contributed by atoms with van der Waals surface area (Å²) < 4.78 is 0.821. The highest BCUT2D eigenvalue weighted by Crippen LogP contribution is 2.27. The molecule has 92 valence electrons. The van der Waals surface area contributed by atoms with E-state index in [1.807, 2.05) is 0 Å². The van der Waals surface area contributed by atoms with Crippen LogP contribution in [0.25, 0.3) is 0 Å². The summed E-state index contributed by atoms with van der Waals surface area (Å²) in [4.78, 5) is 11.9. The molecule has 17 heavy (non-hydrogen) atoms. The van der Waals surface area contributed by atoms with E-state index in [2.05, 4.69) is 26.6 Å². The number of phenolic OH excluding ortho intramolecular Hbond substituents is 1. The van der Waals surface area contributed by atoms with Gasteiger partial charge >= 0.3 is 0 Å². The number of halogens is 1. The average molecular weight is 299 g/mol. The van der Waals surface area contributed by atoms with E-state index in [9.17, 15) is 9.90 Å². The number of carbonyl (C=O) groups excluding carboxylic acids is 1. The van der Waals surface area contributed by atoms with Gasteiger partial charge in [0.25, 0.3) is 0 Å². The number of nitrogens with one attached hydrogen (secondary N) is 2. The number of rotatable bonds is 2. The van der Waals surface area contributed by atoms with Crippen LogP contribution in [0, 0.1) is 0 Å².